The molecule has 0 fully saturated rings. The monoisotopic (exact) mass is 229 g/mol. The van der Waals surface area contributed by atoms with Gasteiger partial charge in [-0.3, -0.25) is 10.1 Å². The van der Waals surface area contributed by atoms with Crippen molar-refractivity contribution in [1.29, 1.82) is 0 Å². The number of nitrogens with zero attached hydrogens (tertiary/aromatic N) is 2. The molecule has 0 spiro atoms. The summed E-state index contributed by atoms with van der Waals surface area (Å²) < 4.78 is 0. The molecular weight excluding hydrogens is 218 g/mol. The topological polar surface area (TPSA) is 75.1 Å². The van der Waals surface area contributed by atoms with Crippen LogP contribution in [0.4, 0.5) is 5.95 Å². The highest BCUT2D eigenvalue weighted by Gasteiger charge is 2.11. The highest BCUT2D eigenvalue weighted by molar-refractivity contribution is 6.05. The number of nitrogens with one attached hydrogen (secondary N) is 1. The summed E-state index contributed by atoms with van der Waals surface area (Å²) >= 11 is 0. The van der Waals surface area contributed by atoms with E-state index in [-0.39, 0.29) is 17.3 Å². The average molecular weight is 229 g/mol. The molecule has 1 amide bonds. The molecule has 0 bridgehead atoms. The number of carbonyl (C=O) groups excluding carboxylic acids is 1. The minimum atomic E-state index is -0.436. The van der Waals surface area contributed by atoms with Crippen molar-refractivity contribution < 1.29 is 9.90 Å². The summed E-state index contributed by atoms with van der Waals surface area (Å²) in [5.74, 6) is -0.287. The van der Waals surface area contributed by atoms with Crippen LogP contribution in [0.3, 0.4) is 0 Å². The van der Waals surface area contributed by atoms with Crippen molar-refractivity contribution in [3.63, 3.8) is 0 Å². The van der Waals surface area contributed by atoms with Gasteiger partial charge in [0.25, 0.3) is 5.91 Å². The molecule has 0 saturated heterocycles. The first-order valence-electron chi connectivity index (χ1n) is 5.05. The molecule has 0 aliphatic rings. The number of amides is 1. The molecule has 2 rings (SSSR count). The van der Waals surface area contributed by atoms with E-state index < -0.39 is 5.91 Å². The standard InChI is InChI=1S/C12H11N3O2/c1-8-3-4-9(10(16)7-8)11(17)15-12-13-5-2-6-14-12/h2-7,16H,1H3,(H,13,14,15,17). The van der Waals surface area contributed by atoms with Crippen LogP contribution in [-0.2, 0) is 0 Å². The first-order valence-corrected chi connectivity index (χ1v) is 5.05. The molecule has 0 radical (unpaired) electrons. The number of anilines is 1. The molecule has 2 aromatic rings. The fourth-order valence-corrected chi connectivity index (χ4v) is 1.37. The van der Waals surface area contributed by atoms with E-state index in [4.69, 9.17) is 0 Å². The number of phenols is 1. The fraction of sp³-hybridized carbons (Fsp3) is 0.0833. The lowest BCUT2D eigenvalue weighted by Gasteiger charge is -2.05. The zero-order valence-corrected chi connectivity index (χ0v) is 9.21. The summed E-state index contributed by atoms with van der Waals surface area (Å²) in [4.78, 5) is 19.5. The van der Waals surface area contributed by atoms with E-state index in [1.165, 1.54) is 18.5 Å². The van der Waals surface area contributed by atoms with E-state index in [0.29, 0.717) is 0 Å². The van der Waals surface area contributed by atoms with Crippen LogP contribution in [0.25, 0.3) is 0 Å². The van der Waals surface area contributed by atoms with Crippen LogP contribution in [0.5, 0.6) is 5.75 Å². The van der Waals surface area contributed by atoms with E-state index in [2.05, 4.69) is 15.3 Å². The Morgan fingerprint density at radius 1 is 1.29 bits per heavy atom. The Kier molecular flexibility index (Phi) is 3.00. The van der Waals surface area contributed by atoms with Gasteiger partial charge in [0.05, 0.1) is 5.56 Å². The summed E-state index contributed by atoms with van der Waals surface area (Å²) in [6, 6.07) is 6.49. The molecule has 86 valence electrons. The smallest absolute Gasteiger partial charge is 0.261 e. The van der Waals surface area contributed by atoms with Gasteiger partial charge in [0, 0.05) is 12.4 Å². The summed E-state index contributed by atoms with van der Waals surface area (Å²) in [5.41, 5.74) is 1.08. The van der Waals surface area contributed by atoms with Crippen molar-refractivity contribution in [2.45, 2.75) is 6.92 Å². The van der Waals surface area contributed by atoms with Crippen molar-refractivity contribution in [2.24, 2.45) is 0 Å². The largest absolute Gasteiger partial charge is 0.507 e. The molecular formula is C12H11N3O2. The SMILES string of the molecule is Cc1ccc(C(=O)Nc2ncccn2)c(O)c1. The second kappa shape index (κ2) is 4.61. The molecule has 1 aromatic carbocycles. The molecule has 0 aliphatic heterocycles. The number of hydrogen-bond acceptors (Lipinski definition) is 4. The Hall–Kier alpha value is -2.43. The molecule has 1 heterocycles. The summed E-state index contributed by atoms with van der Waals surface area (Å²) in [7, 11) is 0. The Balaban J connectivity index is 2.21. The van der Waals surface area contributed by atoms with Crippen LogP contribution in [0, 0.1) is 6.92 Å². The van der Waals surface area contributed by atoms with E-state index in [1.807, 2.05) is 6.92 Å². The van der Waals surface area contributed by atoms with Gasteiger partial charge >= 0.3 is 0 Å². The molecule has 1 aromatic heterocycles. The van der Waals surface area contributed by atoms with Crippen LogP contribution in [-0.4, -0.2) is 21.0 Å². The maximum absolute atomic E-state index is 11.8. The molecule has 0 atom stereocenters. The lowest BCUT2D eigenvalue weighted by molar-refractivity contribution is 0.102. The van der Waals surface area contributed by atoms with Crippen LogP contribution >= 0.6 is 0 Å². The zero-order chi connectivity index (χ0) is 12.3. The number of aryl methyl sites for hydroxylation is 1. The van der Waals surface area contributed by atoms with E-state index in [0.717, 1.165) is 5.56 Å². The van der Waals surface area contributed by atoms with Crippen molar-refractivity contribution in [3.8, 4) is 5.75 Å². The normalized spacial score (nSPS) is 9.94. The second-order valence-electron chi connectivity index (χ2n) is 3.55. The van der Waals surface area contributed by atoms with Gasteiger partial charge in [-0.15, -0.1) is 0 Å². The van der Waals surface area contributed by atoms with Gasteiger partial charge < -0.3 is 5.11 Å². The number of hydrogen-bond donors (Lipinski definition) is 2. The quantitative estimate of drug-likeness (QED) is 0.822. The van der Waals surface area contributed by atoms with Gasteiger partial charge in [-0.1, -0.05) is 6.07 Å². The van der Waals surface area contributed by atoms with Crippen molar-refractivity contribution in [1.82, 2.24) is 9.97 Å². The lowest BCUT2D eigenvalue weighted by Crippen LogP contribution is -2.14. The molecule has 5 nitrogen and oxygen atoms in total. The molecule has 0 saturated carbocycles. The Bertz CT molecular complexity index is 541. The summed E-state index contributed by atoms with van der Waals surface area (Å²) in [6.45, 7) is 1.84. The number of rotatable bonds is 2. The first-order chi connectivity index (χ1) is 8.16. The van der Waals surface area contributed by atoms with Gasteiger partial charge in [-0.2, -0.15) is 0 Å². The fourth-order valence-electron chi connectivity index (χ4n) is 1.37. The number of benzene rings is 1. The third-order valence-corrected chi connectivity index (χ3v) is 2.19. The van der Waals surface area contributed by atoms with Gasteiger partial charge in [-0.25, -0.2) is 9.97 Å². The predicted octanol–water partition coefficient (Wildman–Crippen LogP) is 1.74. The van der Waals surface area contributed by atoms with Gasteiger partial charge in [0.1, 0.15) is 5.75 Å². The Morgan fingerprint density at radius 2 is 2.00 bits per heavy atom. The van der Waals surface area contributed by atoms with E-state index in [1.54, 1.807) is 18.2 Å². The maximum atomic E-state index is 11.8. The van der Waals surface area contributed by atoms with Crippen LogP contribution in [0.1, 0.15) is 15.9 Å². The number of carbonyl (C=O) groups is 1. The zero-order valence-electron chi connectivity index (χ0n) is 9.21. The van der Waals surface area contributed by atoms with E-state index >= 15 is 0 Å². The minimum Gasteiger partial charge on any atom is -0.507 e. The predicted molar refractivity (Wildman–Crippen MR) is 62.8 cm³/mol. The third-order valence-electron chi connectivity index (χ3n) is 2.19. The van der Waals surface area contributed by atoms with Gasteiger partial charge in [0.2, 0.25) is 5.95 Å². The average Bonchev–Trinajstić information content (AvgIpc) is 2.30. The van der Waals surface area contributed by atoms with E-state index in [9.17, 15) is 9.90 Å². The second-order valence-corrected chi connectivity index (χ2v) is 3.55. The number of aromatic hydroxyl groups is 1. The first kappa shape index (κ1) is 11.1. The molecule has 17 heavy (non-hydrogen) atoms. The molecule has 0 unspecified atom stereocenters. The highest BCUT2D eigenvalue weighted by Crippen LogP contribution is 2.19. The van der Waals surface area contributed by atoms with Crippen molar-refractivity contribution in [2.75, 3.05) is 5.32 Å². The Labute approximate surface area is 98.2 Å². The van der Waals surface area contributed by atoms with Crippen LogP contribution in [0.15, 0.2) is 36.7 Å². The number of phenolic OH excluding ortho intramolecular Hbond substituents is 1. The van der Waals surface area contributed by atoms with Crippen molar-refractivity contribution in [3.05, 3.63) is 47.8 Å². The molecule has 5 heteroatoms. The van der Waals surface area contributed by atoms with Crippen LogP contribution < -0.4 is 5.32 Å². The summed E-state index contributed by atoms with van der Waals surface area (Å²) in [5, 5.41) is 12.1. The lowest BCUT2D eigenvalue weighted by atomic mass is 10.1. The summed E-state index contributed by atoms with van der Waals surface area (Å²) in [6.07, 6.45) is 3.05. The third kappa shape index (κ3) is 2.57. The number of aromatic nitrogens is 2. The highest BCUT2D eigenvalue weighted by atomic mass is 16.3. The van der Waals surface area contributed by atoms with Crippen LogP contribution in [0.2, 0.25) is 0 Å². The van der Waals surface area contributed by atoms with Gasteiger partial charge in [0.15, 0.2) is 0 Å². The minimum absolute atomic E-state index is 0.0570. The van der Waals surface area contributed by atoms with Crippen molar-refractivity contribution >= 4 is 11.9 Å². The van der Waals surface area contributed by atoms with Gasteiger partial charge in [-0.05, 0) is 30.7 Å². The molecule has 2 N–H and O–H groups in total. The Morgan fingerprint density at radius 3 is 2.65 bits per heavy atom. The maximum Gasteiger partial charge on any atom is 0.261 e. The molecule has 0 aliphatic carbocycles.